The van der Waals surface area contributed by atoms with Crippen LogP contribution in [0.3, 0.4) is 0 Å². The molecule has 4 rings (SSSR count). The number of carbonyl (C=O) groups excluding carboxylic acids is 1. The summed E-state index contributed by atoms with van der Waals surface area (Å²) >= 11 is 6.21. The van der Waals surface area contributed by atoms with Crippen LogP contribution in [-0.2, 0) is 6.54 Å². The third-order valence-electron chi connectivity index (χ3n) is 5.28. The number of anilines is 2. The number of amides is 2. The van der Waals surface area contributed by atoms with Crippen molar-refractivity contribution < 1.29 is 14.3 Å². The third-order valence-corrected chi connectivity index (χ3v) is 5.57. The van der Waals surface area contributed by atoms with Crippen LogP contribution in [0.2, 0.25) is 5.02 Å². The minimum Gasteiger partial charge on any atom is -0.495 e. The summed E-state index contributed by atoms with van der Waals surface area (Å²) in [6.45, 7) is 2.53. The standard InChI is InChI=1S/C25H24ClN5O3/c1-16-4-5-17(15-31-11-10-28-24(31)18-6-8-27-9-7-18)12-20(16)29-25(32)30-21-13-19(26)22(33-2)14-23(21)34-3/h4-14H,15H2,1-3H3,(H2,29,30,32). The van der Waals surface area contributed by atoms with E-state index in [0.717, 1.165) is 22.5 Å². The SMILES string of the molecule is COc1cc(OC)c(NC(=O)Nc2cc(Cn3ccnc3-c3ccncc3)ccc2C)cc1Cl. The number of ether oxygens (including phenoxy) is 2. The first-order chi connectivity index (χ1) is 16.5. The van der Waals surface area contributed by atoms with Crippen molar-refractivity contribution in [2.75, 3.05) is 24.9 Å². The maximum Gasteiger partial charge on any atom is 0.323 e. The molecule has 8 nitrogen and oxygen atoms in total. The highest BCUT2D eigenvalue weighted by Crippen LogP contribution is 2.36. The molecule has 0 fully saturated rings. The fourth-order valence-corrected chi connectivity index (χ4v) is 3.77. The Bertz CT molecular complexity index is 1310. The fourth-order valence-electron chi connectivity index (χ4n) is 3.53. The van der Waals surface area contributed by atoms with E-state index in [-0.39, 0.29) is 0 Å². The van der Waals surface area contributed by atoms with Crippen LogP contribution in [0.15, 0.2) is 67.3 Å². The van der Waals surface area contributed by atoms with Crippen molar-refractivity contribution in [3.63, 3.8) is 0 Å². The molecule has 0 saturated heterocycles. The fraction of sp³-hybridized carbons (Fsp3) is 0.160. The predicted molar refractivity (Wildman–Crippen MR) is 133 cm³/mol. The van der Waals surface area contributed by atoms with Crippen LogP contribution in [-0.4, -0.2) is 34.8 Å². The summed E-state index contributed by atoms with van der Waals surface area (Å²) in [4.78, 5) is 21.3. The molecule has 2 N–H and O–H groups in total. The quantitative estimate of drug-likeness (QED) is 0.360. The largest absolute Gasteiger partial charge is 0.495 e. The molecular weight excluding hydrogens is 454 g/mol. The average Bonchev–Trinajstić information content (AvgIpc) is 3.30. The maximum atomic E-state index is 12.8. The van der Waals surface area contributed by atoms with Gasteiger partial charge in [-0.05, 0) is 42.3 Å². The normalized spacial score (nSPS) is 10.6. The Balaban J connectivity index is 1.51. The zero-order valence-electron chi connectivity index (χ0n) is 19.0. The van der Waals surface area contributed by atoms with Gasteiger partial charge in [-0.3, -0.25) is 4.98 Å². The number of nitrogens with zero attached hydrogens (tertiary/aromatic N) is 3. The van der Waals surface area contributed by atoms with Gasteiger partial charge in [0.1, 0.15) is 17.3 Å². The Hall–Kier alpha value is -4.04. The monoisotopic (exact) mass is 477 g/mol. The minimum absolute atomic E-state index is 0.363. The van der Waals surface area contributed by atoms with Crippen LogP contribution >= 0.6 is 11.6 Å². The molecule has 4 aromatic rings. The average molecular weight is 478 g/mol. The lowest BCUT2D eigenvalue weighted by molar-refractivity contribution is 0.262. The zero-order valence-corrected chi connectivity index (χ0v) is 19.8. The van der Waals surface area contributed by atoms with Gasteiger partial charge in [0.05, 0.1) is 24.9 Å². The number of halogens is 1. The Morgan fingerprint density at radius 3 is 2.44 bits per heavy atom. The summed E-state index contributed by atoms with van der Waals surface area (Å²) in [6.07, 6.45) is 7.18. The lowest BCUT2D eigenvalue weighted by Crippen LogP contribution is -2.20. The molecule has 9 heteroatoms. The van der Waals surface area contributed by atoms with Crippen molar-refractivity contribution in [2.24, 2.45) is 0 Å². The van der Waals surface area contributed by atoms with Crippen molar-refractivity contribution in [1.82, 2.24) is 14.5 Å². The second-order valence-corrected chi connectivity index (χ2v) is 7.94. The summed E-state index contributed by atoms with van der Waals surface area (Å²) in [5.41, 5.74) is 4.05. The van der Waals surface area contributed by atoms with Crippen molar-refractivity contribution >= 4 is 29.0 Å². The van der Waals surface area contributed by atoms with E-state index >= 15 is 0 Å². The number of rotatable bonds is 7. The van der Waals surface area contributed by atoms with Gasteiger partial charge in [0.2, 0.25) is 0 Å². The van der Waals surface area contributed by atoms with E-state index in [4.69, 9.17) is 21.1 Å². The zero-order chi connectivity index (χ0) is 24.1. The third kappa shape index (κ3) is 5.13. The lowest BCUT2D eigenvalue weighted by atomic mass is 10.1. The number of urea groups is 1. The van der Waals surface area contributed by atoms with Gasteiger partial charge in [-0.2, -0.15) is 0 Å². The number of aromatic nitrogens is 3. The molecule has 0 atom stereocenters. The highest BCUT2D eigenvalue weighted by Gasteiger charge is 2.14. The smallest absolute Gasteiger partial charge is 0.323 e. The molecular formula is C25H24ClN5O3. The van der Waals surface area contributed by atoms with Crippen LogP contribution in [0.5, 0.6) is 11.5 Å². The Morgan fingerprint density at radius 1 is 0.971 bits per heavy atom. The molecule has 0 spiro atoms. The Labute approximate surface area is 202 Å². The second-order valence-electron chi connectivity index (χ2n) is 7.53. The number of hydrogen-bond donors (Lipinski definition) is 2. The first-order valence-corrected chi connectivity index (χ1v) is 10.9. The Morgan fingerprint density at radius 2 is 1.71 bits per heavy atom. The summed E-state index contributed by atoms with van der Waals surface area (Å²) < 4.78 is 12.6. The number of imidazole rings is 1. The van der Waals surface area contributed by atoms with E-state index in [1.807, 2.05) is 48.0 Å². The van der Waals surface area contributed by atoms with Gasteiger partial charge >= 0.3 is 6.03 Å². The molecule has 34 heavy (non-hydrogen) atoms. The van der Waals surface area contributed by atoms with Crippen LogP contribution in [0.4, 0.5) is 16.2 Å². The van der Waals surface area contributed by atoms with Crippen molar-refractivity contribution in [3.05, 3.63) is 83.4 Å². The summed E-state index contributed by atoms with van der Waals surface area (Å²) in [7, 11) is 3.02. The van der Waals surface area contributed by atoms with Crippen LogP contribution in [0.25, 0.3) is 11.4 Å². The van der Waals surface area contributed by atoms with E-state index in [1.54, 1.807) is 30.7 Å². The van der Waals surface area contributed by atoms with E-state index in [0.29, 0.717) is 34.4 Å². The van der Waals surface area contributed by atoms with Crippen LogP contribution in [0, 0.1) is 6.92 Å². The van der Waals surface area contributed by atoms with Crippen LogP contribution in [0.1, 0.15) is 11.1 Å². The molecule has 0 aliphatic carbocycles. The Kier molecular flexibility index (Phi) is 6.98. The lowest BCUT2D eigenvalue weighted by Gasteiger charge is -2.15. The molecule has 0 radical (unpaired) electrons. The van der Waals surface area contributed by atoms with E-state index in [1.165, 1.54) is 14.2 Å². The molecule has 0 saturated carbocycles. The highest BCUT2D eigenvalue weighted by molar-refractivity contribution is 6.32. The van der Waals surface area contributed by atoms with E-state index < -0.39 is 6.03 Å². The molecule has 0 aliphatic rings. The van der Waals surface area contributed by atoms with Crippen LogP contribution < -0.4 is 20.1 Å². The van der Waals surface area contributed by atoms with Gasteiger partial charge in [0.15, 0.2) is 0 Å². The van der Waals surface area contributed by atoms with Crippen molar-refractivity contribution in [2.45, 2.75) is 13.5 Å². The summed E-state index contributed by atoms with van der Waals surface area (Å²) in [5, 5.41) is 6.06. The second kappa shape index (κ2) is 10.3. The number of carbonyl (C=O) groups is 1. The van der Waals surface area contributed by atoms with Crippen molar-refractivity contribution in [3.8, 4) is 22.9 Å². The van der Waals surface area contributed by atoms with Gasteiger partial charge < -0.3 is 24.7 Å². The van der Waals surface area contributed by atoms with Gasteiger partial charge in [-0.15, -0.1) is 0 Å². The molecule has 2 amide bonds. The topological polar surface area (TPSA) is 90.3 Å². The molecule has 0 bridgehead atoms. The van der Waals surface area contributed by atoms with Gasteiger partial charge in [-0.25, -0.2) is 9.78 Å². The highest BCUT2D eigenvalue weighted by atomic mass is 35.5. The van der Waals surface area contributed by atoms with Gasteiger partial charge in [0, 0.05) is 48.6 Å². The predicted octanol–water partition coefficient (Wildman–Crippen LogP) is 5.62. The van der Waals surface area contributed by atoms with E-state index in [9.17, 15) is 4.79 Å². The number of pyridine rings is 1. The molecule has 2 heterocycles. The van der Waals surface area contributed by atoms with Gasteiger partial charge in [0.25, 0.3) is 0 Å². The number of methoxy groups -OCH3 is 2. The number of hydrogen-bond acceptors (Lipinski definition) is 5. The first-order valence-electron chi connectivity index (χ1n) is 10.5. The number of benzene rings is 2. The molecule has 2 aromatic carbocycles. The molecule has 174 valence electrons. The molecule has 2 aromatic heterocycles. The first kappa shape index (κ1) is 23.1. The number of nitrogens with one attached hydrogen (secondary N) is 2. The molecule has 0 aliphatic heterocycles. The summed E-state index contributed by atoms with van der Waals surface area (Å²) in [6, 6.07) is 12.6. The minimum atomic E-state index is -0.417. The van der Waals surface area contributed by atoms with E-state index in [2.05, 4.69) is 20.6 Å². The summed E-state index contributed by atoms with van der Waals surface area (Å²) in [5.74, 6) is 1.74. The number of aryl methyl sites for hydroxylation is 1. The van der Waals surface area contributed by atoms with Gasteiger partial charge in [-0.1, -0.05) is 23.7 Å². The maximum absolute atomic E-state index is 12.8. The molecule has 0 unspecified atom stereocenters. The van der Waals surface area contributed by atoms with Crippen molar-refractivity contribution in [1.29, 1.82) is 0 Å².